The SMILES string of the molecule is CO/N=C(\C)c1ccc2c(c1)CCO2. The molecule has 1 aliphatic rings. The molecular weight excluding hydrogens is 178 g/mol. The Morgan fingerprint density at radius 1 is 1.50 bits per heavy atom. The molecule has 1 aromatic carbocycles. The quantitative estimate of drug-likeness (QED) is 0.528. The standard InChI is InChI=1S/C11H13NO2/c1-8(12-13-2)9-3-4-11-10(7-9)5-6-14-11/h3-4,7H,5-6H2,1-2H3/b12-8+. The first kappa shape index (κ1) is 9.06. The highest BCUT2D eigenvalue weighted by Crippen LogP contribution is 2.25. The summed E-state index contributed by atoms with van der Waals surface area (Å²) < 4.78 is 5.42. The lowest BCUT2D eigenvalue weighted by Gasteiger charge is -2.02. The van der Waals surface area contributed by atoms with Crippen molar-refractivity contribution in [1.82, 2.24) is 0 Å². The van der Waals surface area contributed by atoms with E-state index in [1.54, 1.807) is 7.11 Å². The van der Waals surface area contributed by atoms with Crippen LogP contribution in [0, 0.1) is 0 Å². The van der Waals surface area contributed by atoms with Crippen molar-refractivity contribution in [2.24, 2.45) is 5.16 Å². The Hall–Kier alpha value is -1.51. The lowest BCUT2D eigenvalue weighted by atomic mass is 10.1. The van der Waals surface area contributed by atoms with E-state index >= 15 is 0 Å². The average Bonchev–Trinajstić information content (AvgIpc) is 2.64. The van der Waals surface area contributed by atoms with Gasteiger partial charge >= 0.3 is 0 Å². The molecule has 1 heterocycles. The molecule has 0 fully saturated rings. The molecule has 0 N–H and O–H groups in total. The van der Waals surface area contributed by atoms with Crippen LogP contribution >= 0.6 is 0 Å². The summed E-state index contributed by atoms with van der Waals surface area (Å²) in [5.41, 5.74) is 3.24. The van der Waals surface area contributed by atoms with Crippen LogP contribution in [0.3, 0.4) is 0 Å². The highest BCUT2D eigenvalue weighted by molar-refractivity contribution is 5.98. The second-order valence-corrected chi connectivity index (χ2v) is 3.28. The zero-order valence-corrected chi connectivity index (χ0v) is 8.41. The van der Waals surface area contributed by atoms with Crippen molar-refractivity contribution in [1.29, 1.82) is 0 Å². The third kappa shape index (κ3) is 1.58. The summed E-state index contributed by atoms with van der Waals surface area (Å²) in [4.78, 5) is 4.73. The summed E-state index contributed by atoms with van der Waals surface area (Å²) >= 11 is 0. The molecule has 1 aliphatic heterocycles. The zero-order chi connectivity index (χ0) is 9.97. The molecule has 2 rings (SSSR count). The predicted molar refractivity (Wildman–Crippen MR) is 54.9 cm³/mol. The molecule has 3 nitrogen and oxygen atoms in total. The van der Waals surface area contributed by atoms with Crippen LogP contribution in [0.25, 0.3) is 0 Å². The highest BCUT2D eigenvalue weighted by atomic mass is 16.6. The van der Waals surface area contributed by atoms with Gasteiger partial charge < -0.3 is 9.57 Å². The third-order valence-electron chi connectivity index (χ3n) is 2.34. The maximum atomic E-state index is 5.42. The molecule has 0 radical (unpaired) electrons. The van der Waals surface area contributed by atoms with Crippen molar-refractivity contribution < 1.29 is 9.57 Å². The molecule has 0 spiro atoms. The van der Waals surface area contributed by atoms with Gasteiger partial charge in [0.1, 0.15) is 12.9 Å². The van der Waals surface area contributed by atoms with Crippen LogP contribution in [0.5, 0.6) is 5.75 Å². The Bertz CT molecular complexity index is 372. The summed E-state index contributed by atoms with van der Waals surface area (Å²) in [7, 11) is 1.56. The predicted octanol–water partition coefficient (Wildman–Crippen LogP) is 1.99. The van der Waals surface area contributed by atoms with Crippen LogP contribution in [-0.2, 0) is 11.3 Å². The molecule has 0 bridgehead atoms. The summed E-state index contributed by atoms with van der Waals surface area (Å²) in [5, 5.41) is 3.90. The molecule has 0 aliphatic carbocycles. The maximum Gasteiger partial charge on any atom is 0.122 e. The van der Waals surface area contributed by atoms with Gasteiger partial charge in [-0.3, -0.25) is 0 Å². The molecule has 1 aromatic rings. The molecular formula is C11H13NO2. The van der Waals surface area contributed by atoms with Crippen LogP contribution < -0.4 is 4.74 Å². The van der Waals surface area contributed by atoms with Crippen LogP contribution in [0.4, 0.5) is 0 Å². The summed E-state index contributed by atoms with van der Waals surface area (Å²) in [5.74, 6) is 0.999. The van der Waals surface area contributed by atoms with Crippen molar-refractivity contribution in [2.75, 3.05) is 13.7 Å². The van der Waals surface area contributed by atoms with Gasteiger partial charge in [-0.1, -0.05) is 5.16 Å². The van der Waals surface area contributed by atoms with E-state index in [9.17, 15) is 0 Å². The van der Waals surface area contributed by atoms with Gasteiger partial charge in [-0.05, 0) is 36.2 Å². The zero-order valence-electron chi connectivity index (χ0n) is 8.41. The number of hydrogen-bond donors (Lipinski definition) is 0. The first-order valence-electron chi connectivity index (χ1n) is 4.65. The summed E-state index contributed by atoms with van der Waals surface area (Å²) in [6.45, 7) is 2.72. The highest BCUT2D eigenvalue weighted by Gasteiger charge is 2.12. The van der Waals surface area contributed by atoms with Crippen LogP contribution in [-0.4, -0.2) is 19.4 Å². The minimum atomic E-state index is 0.791. The van der Waals surface area contributed by atoms with Crippen LogP contribution in [0.1, 0.15) is 18.1 Å². The Labute approximate surface area is 83.3 Å². The molecule has 0 amide bonds. The fourth-order valence-electron chi connectivity index (χ4n) is 1.60. The minimum absolute atomic E-state index is 0.791. The van der Waals surface area contributed by atoms with E-state index in [2.05, 4.69) is 11.2 Å². The molecule has 0 saturated carbocycles. The fraction of sp³-hybridized carbons (Fsp3) is 0.364. The molecule has 0 atom stereocenters. The van der Waals surface area contributed by atoms with E-state index < -0.39 is 0 Å². The van der Waals surface area contributed by atoms with Gasteiger partial charge in [0.25, 0.3) is 0 Å². The van der Waals surface area contributed by atoms with E-state index in [1.165, 1.54) is 5.56 Å². The number of ether oxygens (including phenoxy) is 1. The van der Waals surface area contributed by atoms with Crippen molar-refractivity contribution in [3.63, 3.8) is 0 Å². The Morgan fingerprint density at radius 3 is 3.14 bits per heavy atom. The summed E-state index contributed by atoms with van der Waals surface area (Å²) in [6, 6.07) is 6.11. The van der Waals surface area contributed by atoms with E-state index in [0.717, 1.165) is 30.1 Å². The second-order valence-electron chi connectivity index (χ2n) is 3.28. The van der Waals surface area contributed by atoms with Gasteiger partial charge in [0, 0.05) is 6.42 Å². The van der Waals surface area contributed by atoms with Gasteiger partial charge in [-0.15, -0.1) is 0 Å². The molecule has 3 heteroatoms. The van der Waals surface area contributed by atoms with Crippen molar-refractivity contribution in [3.05, 3.63) is 29.3 Å². The first-order valence-corrected chi connectivity index (χ1v) is 4.65. The number of benzene rings is 1. The average molecular weight is 191 g/mol. The van der Waals surface area contributed by atoms with Crippen molar-refractivity contribution >= 4 is 5.71 Å². The molecule has 14 heavy (non-hydrogen) atoms. The molecule has 0 aromatic heterocycles. The Morgan fingerprint density at radius 2 is 2.36 bits per heavy atom. The molecule has 0 saturated heterocycles. The number of rotatable bonds is 2. The van der Waals surface area contributed by atoms with Crippen molar-refractivity contribution in [3.8, 4) is 5.75 Å². The third-order valence-corrected chi connectivity index (χ3v) is 2.34. The Balaban J connectivity index is 2.33. The number of hydrogen-bond acceptors (Lipinski definition) is 3. The van der Waals surface area contributed by atoms with E-state index in [-0.39, 0.29) is 0 Å². The monoisotopic (exact) mass is 191 g/mol. The van der Waals surface area contributed by atoms with Gasteiger partial charge in [0.15, 0.2) is 0 Å². The fourth-order valence-corrected chi connectivity index (χ4v) is 1.60. The second kappa shape index (κ2) is 3.70. The topological polar surface area (TPSA) is 30.8 Å². The van der Waals surface area contributed by atoms with Crippen LogP contribution in [0.2, 0.25) is 0 Å². The minimum Gasteiger partial charge on any atom is -0.493 e. The van der Waals surface area contributed by atoms with Crippen molar-refractivity contribution in [2.45, 2.75) is 13.3 Å². The van der Waals surface area contributed by atoms with Gasteiger partial charge in [-0.25, -0.2) is 0 Å². The van der Waals surface area contributed by atoms with E-state index in [1.807, 2.05) is 19.1 Å². The van der Waals surface area contributed by atoms with E-state index in [4.69, 9.17) is 9.57 Å². The largest absolute Gasteiger partial charge is 0.493 e. The number of oxime groups is 1. The van der Waals surface area contributed by atoms with Gasteiger partial charge in [0.05, 0.1) is 12.3 Å². The smallest absolute Gasteiger partial charge is 0.122 e. The Kier molecular flexibility index (Phi) is 2.39. The lowest BCUT2D eigenvalue weighted by Crippen LogP contribution is -1.95. The number of fused-ring (bicyclic) bond motifs is 1. The van der Waals surface area contributed by atoms with Gasteiger partial charge in [0.2, 0.25) is 0 Å². The molecule has 0 unspecified atom stereocenters. The number of nitrogens with zero attached hydrogens (tertiary/aromatic N) is 1. The maximum absolute atomic E-state index is 5.42. The normalized spacial score (nSPS) is 14.9. The molecule has 74 valence electrons. The lowest BCUT2D eigenvalue weighted by molar-refractivity contribution is 0.213. The summed E-state index contributed by atoms with van der Waals surface area (Å²) in [6.07, 6.45) is 0.990. The van der Waals surface area contributed by atoms with Crippen LogP contribution in [0.15, 0.2) is 23.4 Å². The van der Waals surface area contributed by atoms with Gasteiger partial charge in [-0.2, -0.15) is 0 Å². The van der Waals surface area contributed by atoms with E-state index in [0.29, 0.717) is 0 Å². The first-order chi connectivity index (χ1) is 6.81.